The maximum atomic E-state index is 12.8. The van der Waals surface area contributed by atoms with Gasteiger partial charge in [0.15, 0.2) is 0 Å². The Balaban J connectivity index is 2.60. The Labute approximate surface area is 92.3 Å². The molecule has 15 heavy (non-hydrogen) atoms. The van der Waals surface area contributed by atoms with Crippen molar-refractivity contribution in [2.45, 2.75) is 0 Å². The molecule has 2 aromatic carbocycles. The molecule has 2 N–H and O–H groups in total. The minimum atomic E-state index is -0.349. The lowest BCUT2D eigenvalue weighted by molar-refractivity contribution is 0.628. The molecular formula is C12H9ClFN. The third-order valence-electron chi connectivity index (χ3n) is 2.18. The summed E-state index contributed by atoms with van der Waals surface area (Å²) in [4.78, 5) is 0. The van der Waals surface area contributed by atoms with E-state index in [1.807, 2.05) is 18.2 Å². The van der Waals surface area contributed by atoms with Crippen molar-refractivity contribution in [3.05, 3.63) is 53.3 Å². The summed E-state index contributed by atoms with van der Waals surface area (Å²) in [5.41, 5.74) is 8.01. The van der Waals surface area contributed by atoms with Crippen molar-refractivity contribution in [3.8, 4) is 11.1 Å². The van der Waals surface area contributed by atoms with Gasteiger partial charge in [0.1, 0.15) is 5.82 Å². The molecule has 0 aromatic heterocycles. The second-order valence-electron chi connectivity index (χ2n) is 3.21. The molecule has 0 heterocycles. The lowest BCUT2D eigenvalue weighted by Gasteiger charge is -2.07. The molecule has 2 rings (SSSR count). The van der Waals surface area contributed by atoms with Crippen molar-refractivity contribution in [2.75, 3.05) is 5.73 Å². The van der Waals surface area contributed by atoms with Crippen LogP contribution in [0.25, 0.3) is 11.1 Å². The summed E-state index contributed by atoms with van der Waals surface area (Å²) < 4.78 is 12.8. The van der Waals surface area contributed by atoms with E-state index in [2.05, 4.69) is 0 Å². The molecule has 1 nitrogen and oxygen atoms in total. The van der Waals surface area contributed by atoms with Crippen molar-refractivity contribution in [3.63, 3.8) is 0 Å². The van der Waals surface area contributed by atoms with Gasteiger partial charge in [-0.15, -0.1) is 0 Å². The summed E-state index contributed by atoms with van der Waals surface area (Å²) >= 11 is 5.94. The van der Waals surface area contributed by atoms with Gasteiger partial charge in [-0.1, -0.05) is 29.8 Å². The molecule has 0 saturated heterocycles. The van der Waals surface area contributed by atoms with E-state index in [0.717, 1.165) is 11.1 Å². The van der Waals surface area contributed by atoms with Crippen LogP contribution in [-0.4, -0.2) is 0 Å². The first-order chi connectivity index (χ1) is 7.18. The average molecular weight is 222 g/mol. The zero-order chi connectivity index (χ0) is 10.8. The zero-order valence-corrected chi connectivity index (χ0v) is 8.63. The number of hydrogen-bond donors (Lipinski definition) is 1. The minimum Gasteiger partial charge on any atom is -0.398 e. The van der Waals surface area contributed by atoms with Crippen molar-refractivity contribution in [2.24, 2.45) is 0 Å². The highest BCUT2D eigenvalue weighted by Gasteiger charge is 2.06. The van der Waals surface area contributed by atoms with Crippen LogP contribution in [0.4, 0.5) is 10.1 Å². The summed E-state index contributed by atoms with van der Waals surface area (Å²) in [6.45, 7) is 0. The predicted octanol–water partition coefficient (Wildman–Crippen LogP) is 3.73. The van der Waals surface area contributed by atoms with Crippen LogP contribution in [0.2, 0.25) is 5.02 Å². The van der Waals surface area contributed by atoms with Gasteiger partial charge in [-0.25, -0.2) is 4.39 Å². The Bertz CT molecular complexity index is 497. The Morgan fingerprint density at radius 1 is 1.00 bits per heavy atom. The molecule has 3 heteroatoms. The first-order valence-electron chi connectivity index (χ1n) is 4.48. The van der Waals surface area contributed by atoms with E-state index in [1.54, 1.807) is 12.1 Å². The second kappa shape index (κ2) is 3.91. The standard InChI is InChI=1S/C12H9ClFN/c13-11-7-8(14)5-6-9(11)10-3-1-2-4-12(10)15/h1-7H,15H2. The number of nitrogens with two attached hydrogens (primary N) is 1. The largest absolute Gasteiger partial charge is 0.398 e. The van der Waals surface area contributed by atoms with Crippen LogP contribution in [0, 0.1) is 5.82 Å². The topological polar surface area (TPSA) is 26.0 Å². The quantitative estimate of drug-likeness (QED) is 0.730. The fraction of sp³-hybridized carbons (Fsp3) is 0. The van der Waals surface area contributed by atoms with Gasteiger partial charge in [0.25, 0.3) is 0 Å². The highest BCUT2D eigenvalue weighted by Crippen LogP contribution is 2.31. The van der Waals surface area contributed by atoms with Gasteiger partial charge in [0, 0.05) is 16.8 Å². The maximum Gasteiger partial charge on any atom is 0.124 e. The monoisotopic (exact) mass is 221 g/mol. The SMILES string of the molecule is Nc1ccccc1-c1ccc(F)cc1Cl. The van der Waals surface area contributed by atoms with Crippen molar-refractivity contribution in [1.82, 2.24) is 0 Å². The van der Waals surface area contributed by atoms with E-state index in [4.69, 9.17) is 17.3 Å². The molecule has 0 aliphatic heterocycles. The highest BCUT2D eigenvalue weighted by atomic mass is 35.5. The summed E-state index contributed by atoms with van der Waals surface area (Å²) in [5, 5.41) is 0.368. The number of para-hydroxylation sites is 1. The van der Waals surface area contributed by atoms with Crippen molar-refractivity contribution in [1.29, 1.82) is 0 Å². The maximum absolute atomic E-state index is 12.8. The highest BCUT2D eigenvalue weighted by molar-refractivity contribution is 6.33. The molecule has 0 aliphatic rings. The average Bonchev–Trinajstić information content (AvgIpc) is 2.20. The molecule has 0 fully saturated rings. The van der Waals surface area contributed by atoms with Crippen LogP contribution in [0.1, 0.15) is 0 Å². The van der Waals surface area contributed by atoms with Crippen LogP contribution < -0.4 is 5.73 Å². The van der Waals surface area contributed by atoms with Crippen LogP contribution in [0.3, 0.4) is 0 Å². The van der Waals surface area contributed by atoms with Gasteiger partial charge >= 0.3 is 0 Å². The minimum absolute atomic E-state index is 0.349. The van der Waals surface area contributed by atoms with E-state index in [0.29, 0.717) is 10.7 Å². The number of anilines is 1. The van der Waals surface area contributed by atoms with E-state index in [-0.39, 0.29) is 5.82 Å². The van der Waals surface area contributed by atoms with Crippen LogP contribution in [0.15, 0.2) is 42.5 Å². The third-order valence-corrected chi connectivity index (χ3v) is 2.49. The fourth-order valence-corrected chi connectivity index (χ4v) is 1.72. The van der Waals surface area contributed by atoms with Crippen LogP contribution >= 0.6 is 11.6 Å². The normalized spacial score (nSPS) is 10.3. The predicted molar refractivity (Wildman–Crippen MR) is 61.3 cm³/mol. The first kappa shape index (κ1) is 9.99. The van der Waals surface area contributed by atoms with Gasteiger partial charge in [-0.3, -0.25) is 0 Å². The molecule has 2 aromatic rings. The Morgan fingerprint density at radius 2 is 1.73 bits per heavy atom. The molecule has 0 atom stereocenters. The number of halogens is 2. The number of benzene rings is 2. The molecular weight excluding hydrogens is 213 g/mol. The molecule has 0 unspecified atom stereocenters. The number of nitrogen functional groups attached to an aromatic ring is 1. The molecule has 0 aliphatic carbocycles. The van der Waals surface area contributed by atoms with Gasteiger partial charge < -0.3 is 5.73 Å². The lowest BCUT2D eigenvalue weighted by atomic mass is 10.0. The van der Waals surface area contributed by atoms with Gasteiger partial charge in [0.2, 0.25) is 0 Å². The molecule has 0 radical (unpaired) electrons. The Hall–Kier alpha value is -1.54. The van der Waals surface area contributed by atoms with E-state index in [1.165, 1.54) is 12.1 Å². The smallest absolute Gasteiger partial charge is 0.124 e. The Kier molecular flexibility index (Phi) is 2.60. The first-order valence-corrected chi connectivity index (χ1v) is 4.86. The van der Waals surface area contributed by atoms with E-state index >= 15 is 0 Å². The second-order valence-corrected chi connectivity index (χ2v) is 3.62. The molecule has 0 saturated carbocycles. The third kappa shape index (κ3) is 1.95. The van der Waals surface area contributed by atoms with E-state index in [9.17, 15) is 4.39 Å². The fourth-order valence-electron chi connectivity index (χ4n) is 1.45. The Morgan fingerprint density at radius 3 is 2.40 bits per heavy atom. The van der Waals surface area contributed by atoms with Gasteiger partial charge in [-0.05, 0) is 24.3 Å². The summed E-state index contributed by atoms with van der Waals surface area (Å²) in [5.74, 6) is -0.349. The summed E-state index contributed by atoms with van der Waals surface area (Å²) in [6.07, 6.45) is 0. The summed E-state index contributed by atoms with van der Waals surface area (Å²) in [6, 6.07) is 11.6. The molecule has 0 bridgehead atoms. The van der Waals surface area contributed by atoms with Crippen LogP contribution in [-0.2, 0) is 0 Å². The zero-order valence-electron chi connectivity index (χ0n) is 7.87. The number of rotatable bonds is 1. The van der Waals surface area contributed by atoms with E-state index < -0.39 is 0 Å². The lowest BCUT2D eigenvalue weighted by Crippen LogP contribution is -1.90. The number of hydrogen-bond acceptors (Lipinski definition) is 1. The van der Waals surface area contributed by atoms with Gasteiger partial charge in [-0.2, -0.15) is 0 Å². The van der Waals surface area contributed by atoms with Gasteiger partial charge in [0.05, 0.1) is 5.02 Å². The van der Waals surface area contributed by atoms with Crippen molar-refractivity contribution >= 4 is 17.3 Å². The summed E-state index contributed by atoms with van der Waals surface area (Å²) in [7, 11) is 0. The molecule has 0 spiro atoms. The molecule has 76 valence electrons. The van der Waals surface area contributed by atoms with Crippen LogP contribution in [0.5, 0.6) is 0 Å². The van der Waals surface area contributed by atoms with Crippen molar-refractivity contribution < 1.29 is 4.39 Å². The molecule has 0 amide bonds.